The molecule has 1 spiro atoms. The van der Waals surface area contributed by atoms with Gasteiger partial charge in [-0.1, -0.05) is 12.1 Å². The summed E-state index contributed by atoms with van der Waals surface area (Å²) in [7, 11) is 3.21. The number of ketones is 1. The van der Waals surface area contributed by atoms with Crippen LogP contribution in [0.3, 0.4) is 0 Å². The molecule has 0 radical (unpaired) electrons. The van der Waals surface area contributed by atoms with Crippen molar-refractivity contribution in [2.45, 2.75) is 31.4 Å². The Hall–Kier alpha value is -3.02. The van der Waals surface area contributed by atoms with Crippen molar-refractivity contribution in [1.29, 1.82) is 0 Å². The van der Waals surface area contributed by atoms with Crippen molar-refractivity contribution >= 4 is 11.7 Å². The highest BCUT2D eigenvalue weighted by molar-refractivity contribution is 6.00. The summed E-state index contributed by atoms with van der Waals surface area (Å²) in [5.74, 6) is 2.49. The predicted octanol–water partition coefficient (Wildman–Crippen LogP) is 3.38. The number of nitrogens with one attached hydrogen (secondary N) is 1. The molecular weight excluding hydrogens is 382 g/mol. The van der Waals surface area contributed by atoms with E-state index in [-0.39, 0.29) is 23.5 Å². The van der Waals surface area contributed by atoms with Crippen molar-refractivity contribution in [3.8, 4) is 17.2 Å². The van der Waals surface area contributed by atoms with Crippen LogP contribution < -0.4 is 19.5 Å². The van der Waals surface area contributed by atoms with E-state index in [0.717, 1.165) is 18.4 Å². The van der Waals surface area contributed by atoms with Crippen LogP contribution in [0, 0.1) is 17.8 Å². The molecule has 30 heavy (non-hydrogen) atoms. The van der Waals surface area contributed by atoms with E-state index in [1.54, 1.807) is 20.3 Å². The van der Waals surface area contributed by atoms with Crippen LogP contribution in [-0.2, 0) is 11.3 Å². The maximum atomic E-state index is 13.0. The first-order valence-electron chi connectivity index (χ1n) is 10.4. The summed E-state index contributed by atoms with van der Waals surface area (Å²) < 4.78 is 17.0. The van der Waals surface area contributed by atoms with Crippen molar-refractivity contribution in [3.05, 3.63) is 53.6 Å². The Labute approximate surface area is 175 Å². The van der Waals surface area contributed by atoms with Crippen LogP contribution in [-0.4, -0.2) is 31.5 Å². The minimum absolute atomic E-state index is 0.0249. The molecule has 1 aliphatic heterocycles. The Bertz CT molecular complexity index is 1020. The first-order valence-corrected chi connectivity index (χ1v) is 10.4. The summed E-state index contributed by atoms with van der Waals surface area (Å²) in [6, 6.07) is 13.0. The normalized spacial score (nSPS) is 28.3. The van der Waals surface area contributed by atoms with E-state index in [1.807, 2.05) is 36.4 Å². The van der Waals surface area contributed by atoms with Gasteiger partial charge in [0.2, 0.25) is 5.91 Å². The third-order valence-electron chi connectivity index (χ3n) is 6.89. The molecule has 6 heteroatoms. The number of hydrogen-bond donors (Lipinski definition) is 1. The molecule has 0 unspecified atom stereocenters. The molecule has 5 rings (SSSR count). The zero-order valence-corrected chi connectivity index (χ0v) is 17.1. The smallest absolute Gasteiger partial charge is 0.224 e. The number of hydrogen-bond acceptors (Lipinski definition) is 5. The maximum Gasteiger partial charge on any atom is 0.224 e. The number of benzene rings is 2. The second kappa shape index (κ2) is 7.04. The molecule has 2 fully saturated rings. The van der Waals surface area contributed by atoms with Crippen molar-refractivity contribution in [1.82, 2.24) is 5.32 Å². The lowest BCUT2D eigenvalue weighted by Gasteiger charge is -2.37. The van der Waals surface area contributed by atoms with E-state index in [1.165, 1.54) is 0 Å². The Morgan fingerprint density at radius 1 is 1.20 bits per heavy atom. The molecule has 1 amide bonds. The Balaban J connectivity index is 1.28. The van der Waals surface area contributed by atoms with Gasteiger partial charge in [0.25, 0.3) is 0 Å². The number of fused-ring (bicyclic) bond motifs is 3. The average molecular weight is 407 g/mol. The summed E-state index contributed by atoms with van der Waals surface area (Å²) in [6.07, 6.45) is 2.11. The monoisotopic (exact) mass is 407 g/mol. The third-order valence-corrected chi connectivity index (χ3v) is 6.89. The minimum atomic E-state index is -0.532. The Morgan fingerprint density at radius 2 is 2.03 bits per heavy atom. The Morgan fingerprint density at radius 3 is 2.83 bits per heavy atom. The molecule has 4 atom stereocenters. The van der Waals surface area contributed by atoms with Crippen molar-refractivity contribution < 1.29 is 23.8 Å². The van der Waals surface area contributed by atoms with Gasteiger partial charge in [-0.3, -0.25) is 9.59 Å². The van der Waals surface area contributed by atoms with Crippen LogP contribution in [0.2, 0.25) is 0 Å². The summed E-state index contributed by atoms with van der Waals surface area (Å²) in [6.45, 7) is 0.386. The van der Waals surface area contributed by atoms with Gasteiger partial charge in [0.1, 0.15) is 22.8 Å². The van der Waals surface area contributed by atoms with Gasteiger partial charge in [0, 0.05) is 30.0 Å². The van der Waals surface area contributed by atoms with E-state index >= 15 is 0 Å². The fourth-order valence-electron chi connectivity index (χ4n) is 5.42. The van der Waals surface area contributed by atoms with Crippen molar-refractivity contribution in [2.24, 2.45) is 17.8 Å². The zero-order chi connectivity index (χ0) is 20.9. The molecule has 2 aromatic rings. The minimum Gasteiger partial charge on any atom is -0.497 e. The van der Waals surface area contributed by atoms with Crippen LogP contribution in [0.25, 0.3) is 0 Å². The van der Waals surface area contributed by atoms with Crippen LogP contribution in [0.15, 0.2) is 42.5 Å². The fraction of sp³-hybridized carbons (Fsp3) is 0.417. The highest BCUT2D eigenvalue weighted by Gasteiger charge is 2.70. The molecule has 0 aromatic heterocycles. The number of para-hydroxylation sites is 1. The summed E-state index contributed by atoms with van der Waals surface area (Å²) >= 11 is 0. The Kier molecular flexibility index (Phi) is 4.45. The highest BCUT2D eigenvalue weighted by atomic mass is 16.5. The fourth-order valence-corrected chi connectivity index (χ4v) is 5.42. The van der Waals surface area contributed by atoms with Crippen LogP contribution in [0.1, 0.15) is 35.2 Å². The van der Waals surface area contributed by atoms with Crippen molar-refractivity contribution in [2.75, 3.05) is 14.2 Å². The topological polar surface area (TPSA) is 73.9 Å². The molecule has 0 saturated heterocycles. The summed E-state index contributed by atoms with van der Waals surface area (Å²) in [4.78, 5) is 25.7. The lowest BCUT2D eigenvalue weighted by molar-refractivity contribution is -0.124. The largest absolute Gasteiger partial charge is 0.497 e. The molecule has 2 aliphatic carbocycles. The van der Waals surface area contributed by atoms with E-state index in [4.69, 9.17) is 14.2 Å². The van der Waals surface area contributed by atoms with E-state index in [2.05, 4.69) is 5.32 Å². The second-order valence-corrected chi connectivity index (χ2v) is 8.41. The molecule has 1 heterocycles. The number of amides is 1. The van der Waals surface area contributed by atoms with Gasteiger partial charge in [-0.05, 0) is 43.0 Å². The molecule has 156 valence electrons. The molecular formula is C24H25NO5. The van der Waals surface area contributed by atoms with E-state index in [9.17, 15) is 9.59 Å². The lowest BCUT2D eigenvalue weighted by atomic mass is 9.84. The number of methoxy groups -OCH3 is 2. The highest BCUT2D eigenvalue weighted by Crippen LogP contribution is 2.65. The number of rotatable bonds is 5. The first kappa shape index (κ1) is 19.0. The molecule has 0 bridgehead atoms. The van der Waals surface area contributed by atoms with E-state index in [0.29, 0.717) is 41.7 Å². The maximum absolute atomic E-state index is 13.0. The average Bonchev–Trinajstić information content (AvgIpc) is 3.42. The molecule has 6 nitrogen and oxygen atoms in total. The van der Waals surface area contributed by atoms with Gasteiger partial charge in [0.05, 0.1) is 26.2 Å². The number of carbonyl (C=O) groups excluding carboxylic acids is 2. The van der Waals surface area contributed by atoms with Crippen LogP contribution >= 0.6 is 0 Å². The van der Waals surface area contributed by atoms with E-state index < -0.39 is 5.60 Å². The molecule has 1 N–H and O–H groups in total. The number of carbonyl (C=O) groups is 2. The molecule has 2 saturated carbocycles. The number of ether oxygens (including phenoxy) is 3. The van der Waals surface area contributed by atoms with Gasteiger partial charge in [-0.15, -0.1) is 0 Å². The standard InChI is InChI=1S/C24H25NO5/c1-28-15-8-7-14(20(11-15)29-2)13-25-23(27)21-17-9-10-24(22(17)21)12-18(26)16-5-3-4-6-19(16)30-24/h3-8,11,17,21-22H,9-10,12-13H2,1-2H3,(H,25,27)/t17-,21+,22+,24-/m0/s1. The number of Topliss-reactive ketones (excluding diaryl/α,β-unsaturated/α-hetero) is 1. The lowest BCUT2D eigenvalue weighted by Crippen LogP contribution is -2.44. The van der Waals surface area contributed by atoms with Crippen LogP contribution in [0.5, 0.6) is 17.2 Å². The van der Waals surface area contributed by atoms with Crippen LogP contribution in [0.4, 0.5) is 0 Å². The van der Waals surface area contributed by atoms with Gasteiger partial charge in [0.15, 0.2) is 5.78 Å². The van der Waals surface area contributed by atoms with Gasteiger partial charge < -0.3 is 19.5 Å². The SMILES string of the molecule is COc1ccc(CNC(=O)[C@@H]2[C@@H]3CC[C@]4(CC(=O)c5ccccc5O4)[C@H]32)c(OC)c1. The quantitative estimate of drug-likeness (QED) is 0.823. The zero-order valence-electron chi connectivity index (χ0n) is 17.1. The van der Waals surface area contributed by atoms with Gasteiger partial charge in [-0.2, -0.15) is 0 Å². The van der Waals surface area contributed by atoms with Gasteiger partial charge in [-0.25, -0.2) is 0 Å². The first-order chi connectivity index (χ1) is 14.6. The van der Waals surface area contributed by atoms with Crippen molar-refractivity contribution in [3.63, 3.8) is 0 Å². The summed E-state index contributed by atoms with van der Waals surface area (Å²) in [5, 5.41) is 3.05. The molecule has 2 aromatic carbocycles. The third kappa shape index (κ3) is 2.93. The predicted molar refractivity (Wildman–Crippen MR) is 110 cm³/mol. The second-order valence-electron chi connectivity index (χ2n) is 8.41. The van der Waals surface area contributed by atoms with Gasteiger partial charge >= 0.3 is 0 Å². The molecule has 3 aliphatic rings. The summed E-state index contributed by atoms with van der Waals surface area (Å²) in [5.41, 5.74) is 1.01.